The fourth-order valence-corrected chi connectivity index (χ4v) is 5.20. The van der Waals surface area contributed by atoms with Crippen molar-refractivity contribution >= 4 is 23.2 Å². The number of benzene rings is 1. The average Bonchev–Trinajstić information content (AvgIpc) is 3.42. The largest absolute Gasteiger partial charge is 0.485 e. The summed E-state index contributed by atoms with van der Waals surface area (Å²) in [5.41, 5.74) is 1.36. The Labute approximate surface area is 206 Å². The van der Waals surface area contributed by atoms with Crippen LogP contribution in [0, 0.1) is 6.92 Å². The number of hydrogen-bond acceptors (Lipinski definition) is 6. The van der Waals surface area contributed by atoms with E-state index in [9.17, 15) is 9.59 Å². The van der Waals surface area contributed by atoms with E-state index >= 15 is 0 Å². The third-order valence-corrected chi connectivity index (χ3v) is 7.35. The number of ether oxygens (including phenoxy) is 2. The van der Waals surface area contributed by atoms with Crippen molar-refractivity contribution in [1.29, 1.82) is 0 Å². The van der Waals surface area contributed by atoms with E-state index < -0.39 is 0 Å². The zero-order valence-corrected chi connectivity index (χ0v) is 21.0. The van der Waals surface area contributed by atoms with Crippen LogP contribution in [0.15, 0.2) is 29.6 Å². The Morgan fingerprint density at radius 1 is 1.09 bits per heavy atom. The molecule has 4 rings (SSSR count). The first-order valence-corrected chi connectivity index (χ1v) is 13.2. The van der Waals surface area contributed by atoms with E-state index in [1.165, 1.54) is 12.8 Å². The molecule has 2 aromatic rings. The van der Waals surface area contributed by atoms with Gasteiger partial charge in [-0.25, -0.2) is 4.98 Å². The highest BCUT2D eigenvalue weighted by molar-refractivity contribution is 7.09. The highest BCUT2D eigenvalue weighted by atomic mass is 32.1. The molecule has 0 saturated carbocycles. The molecular formula is C26H35N3O4S. The van der Waals surface area contributed by atoms with Crippen molar-refractivity contribution in [3.05, 3.63) is 45.9 Å². The molecule has 1 fully saturated rings. The van der Waals surface area contributed by atoms with Gasteiger partial charge in [-0.05, 0) is 31.9 Å². The van der Waals surface area contributed by atoms with Crippen LogP contribution in [-0.4, -0.2) is 72.1 Å². The molecule has 8 heteroatoms. The van der Waals surface area contributed by atoms with Crippen molar-refractivity contribution < 1.29 is 19.1 Å². The van der Waals surface area contributed by atoms with Gasteiger partial charge >= 0.3 is 0 Å². The maximum Gasteiger partial charge on any atom is 0.257 e. The van der Waals surface area contributed by atoms with E-state index in [1.807, 2.05) is 48.5 Å². The van der Waals surface area contributed by atoms with Crippen LogP contribution in [0.2, 0.25) is 0 Å². The van der Waals surface area contributed by atoms with Crippen molar-refractivity contribution in [3.63, 3.8) is 0 Å². The van der Waals surface area contributed by atoms with Gasteiger partial charge in [-0.1, -0.05) is 37.8 Å². The minimum atomic E-state index is -0.326. The Bertz CT molecular complexity index is 978. The Kier molecular flexibility index (Phi) is 8.56. The second kappa shape index (κ2) is 11.8. The van der Waals surface area contributed by atoms with Gasteiger partial charge in [-0.3, -0.25) is 9.59 Å². The van der Waals surface area contributed by atoms with Gasteiger partial charge in [0.05, 0.1) is 35.8 Å². The second-order valence-electron chi connectivity index (χ2n) is 9.24. The minimum Gasteiger partial charge on any atom is -0.485 e. The van der Waals surface area contributed by atoms with Crippen LogP contribution in [0.4, 0.5) is 0 Å². The van der Waals surface area contributed by atoms with Crippen molar-refractivity contribution in [3.8, 4) is 5.75 Å². The summed E-state index contributed by atoms with van der Waals surface area (Å²) in [4.78, 5) is 34.2. The highest BCUT2D eigenvalue weighted by Gasteiger charge is 2.38. The summed E-state index contributed by atoms with van der Waals surface area (Å²) in [6, 6.07) is 7.39. The number of carbonyl (C=O) groups excluding carboxylic acids is 2. The molecule has 0 radical (unpaired) electrons. The molecule has 0 unspecified atom stereocenters. The molecule has 7 nitrogen and oxygen atoms in total. The number of thiazole rings is 1. The molecule has 0 aliphatic carbocycles. The predicted molar refractivity (Wildman–Crippen MR) is 132 cm³/mol. The Balaban J connectivity index is 1.51. The molecule has 34 heavy (non-hydrogen) atoms. The van der Waals surface area contributed by atoms with Crippen LogP contribution < -0.4 is 4.74 Å². The number of amides is 2. The fourth-order valence-electron chi connectivity index (χ4n) is 4.59. The van der Waals surface area contributed by atoms with E-state index in [1.54, 1.807) is 16.2 Å². The number of nitrogens with zero attached hydrogens (tertiary/aromatic N) is 3. The van der Waals surface area contributed by atoms with Gasteiger partial charge in [0.15, 0.2) is 0 Å². The molecule has 3 heterocycles. The summed E-state index contributed by atoms with van der Waals surface area (Å²) in [5.74, 6) is 0.541. The van der Waals surface area contributed by atoms with Crippen LogP contribution in [-0.2, 0) is 16.0 Å². The molecule has 2 amide bonds. The number of likely N-dealkylation sites (tertiary alicyclic amines) is 1. The number of hydrogen-bond donors (Lipinski definition) is 0. The van der Waals surface area contributed by atoms with E-state index in [2.05, 4.69) is 4.98 Å². The maximum atomic E-state index is 13.1. The number of rotatable bonds is 2. The molecule has 0 N–H and O–H groups in total. The molecule has 184 valence electrons. The smallest absolute Gasteiger partial charge is 0.257 e. The first-order chi connectivity index (χ1) is 16.5. The van der Waals surface area contributed by atoms with Gasteiger partial charge in [0.1, 0.15) is 18.0 Å². The number of aromatic nitrogens is 1. The van der Waals surface area contributed by atoms with Crippen molar-refractivity contribution in [2.24, 2.45) is 0 Å². The fraction of sp³-hybridized carbons (Fsp3) is 0.577. The Hall–Kier alpha value is -2.45. The molecule has 2 atom stereocenters. The van der Waals surface area contributed by atoms with Crippen LogP contribution in [0.5, 0.6) is 5.75 Å². The third kappa shape index (κ3) is 6.36. The zero-order chi connectivity index (χ0) is 23.9. The van der Waals surface area contributed by atoms with Gasteiger partial charge in [-0.15, -0.1) is 11.3 Å². The van der Waals surface area contributed by atoms with Gasteiger partial charge in [-0.2, -0.15) is 0 Å². The minimum absolute atomic E-state index is 0.0278. The van der Waals surface area contributed by atoms with Crippen molar-refractivity contribution in [2.75, 3.05) is 33.3 Å². The summed E-state index contributed by atoms with van der Waals surface area (Å²) in [5, 5.41) is 2.90. The third-order valence-electron chi connectivity index (χ3n) is 6.53. The van der Waals surface area contributed by atoms with Crippen LogP contribution in [0.1, 0.15) is 59.6 Å². The lowest BCUT2D eigenvalue weighted by atomic mass is 10.1. The lowest BCUT2D eigenvalue weighted by Crippen LogP contribution is -2.34. The number of carbonyl (C=O) groups is 2. The molecular weight excluding hydrogens is 450 g/mol. The summed E-state index contributed by atoms with van der Waals surface area (Å²) >= 11 is 1.55. The molecule has 0 bridgehead atoms. The SMILES string of the molecule is Cc1nc(CC(=O)N2C[C@H]3OCCCCCCCCN(C)C(=O)c4ccccc4O[C@@H]3C2)cs1. The maximum absolute atomic E-state index is 13.1. The Morgan fingerprint density at radius 2 is 1.82 bits per heavy atom. The summed E-state index contributed by atoms with van der Waals surface area (Å²) < 4.78 is 12.6. The summed E-state index contributed by atoms with van der Waals surface area (Å²) in [6.07, 6.45) is 6.33. The van der Waals surface area contributed by atoms with E-state index in [-0.39, 0.29) is 30.4 Å². The zero-order valence-electron chi connectivity index (χ0n) is 20.2. The normalized spacial score (nSPS) is 22.7. The monoisotopic (exact) mass is 485 g/mol. The van der Waals surface area contributed by atoms with E-state index in [0.717, 1.165) is 42.9 Å². The number of para-hydroxylation sites is 1. The lowest BCUT2D eigenvalue weighted by molar-refractivity contribution is -0.130. The highest BCUT2D eigenvalue weighted by Crippen LogP contribution is 2.26. The quantitative estimate of drug-likeness (QED) is 0.641. The average molecular weight is 486 g/mol. The van der Waals surface area contributed by atoms with Crippen molar-refractivity contribution in [1.82, 2.24) is 14.8 Å². The Morgan fingerprint density at radius 3 is 2.62 bits per heavy atom. The summed E-state index contributed by atoms with van der Waals surface area (Å²) in [7, 11) is 1.85. The topological polar surface area (TPSA) is 72.0 Å². The van der Waals surface area contributed by atoms with Gasteiger partial charge in [0.2, 0.25) is 5.91 Å². The van der Waals surface area contributed by atoms with Crippen LogP contribution >= 0.6 is 11.3 Å². The lowest BCUT2D eigenvalue weighted by Gasteiger charge is -2.24. The molecule has 2 aliphatic rings. The van der Waals surface area contributed by atoms with Gasteiger partial charge in [0.25, 0.3) is 5.91 Å². The van der Waals surface area contributed by atoms with E-state index in [0.29, 0.717) is 31.0 Å². The molecule has 2 aliphatic heterocycles. The molecule has 0 spiro atoms. The van der Waals surface area contributed by atoms with E-state index in [4.69, 9.17) is 9.47 Å². The van der Waals surface area contributed by atoms with Gasteiger partial charge in [0, 0.05) is 25.6 Å². The molecule has 1 saturated heterocycles. The first-order valence-electron chi connectivity index (χ1n) is 12.3. The van der Waals surface area contributed by atoms with Gasteiger partial charge < -0.3 is 19.3 Å². The second-order valence-corrected chi connectivity index (χ2v) is 10.3. The standard InChI is InChI=1S/C26H35N3O4S/c1-19-27-20(18-34-19)15-25(30)29-16-23-24(17-29)33-22-12-8-7-11-21(22)26(31)28(2)13-9-5-3-4-6-10-14-32-23/h7-8,11-12,18,23-24H,3-6,9-10,13-17H2,1-2H3/t23-,24-/m1/s1. The number of fused-ring (bicyclic) bond motifs is 2. The predicted octanol–water partition coefficient (Wildman–Crippen LogP) is 4.10. The van der Waals surface area contributed by atoms with Crippen LogP contribution in [0.3, 0.4) is 0 Å². The first kappa shape index (κ1) is 24.7. The molecule has 1 aromatic carbocycles. The number of aryl methyl sites for hydroxylation is 1. The van der Waals surface area contributed by atoms with Crippen LogP contribution in [0.25, 0.3) is 0 Å². The summed E-state index contributed by atoms with van der Waals surface area (Å²) in [6.45, 7) is 4.26. The van der Waals surface area contributed by atoms with Crippen molar-refractivity contribution in [2.45, 2.75) is 64.1 Å². The molecule has 1 aromatic heterocycles.